The average Bonchev–Trinajstić information content (AvgIpc) is 2.67. The Balaban J connectivity index is -0.000000125. The van der Waals surface area contributed by atoms with Crippen molar-refractivity contribution in [3.05, 3.63) is 48.6 Å². The van der Waals surface area contributed by atoms with E-state index in [-0.39, 0.29) is 55.9 Å². The van der Waals surface area contributed by atoms with Crippen molar-refractivity contribution in [2.75, 3.05) is 0 Å². The van der Waals surface area contributed by atoms with Crippen molar-refractivity contribution < 1.29 is 55.9 Å². The first kappa shape index (κ1) is 19.2. The van der Waals surface area contributed by atoms with Gasteiger partial charge in [-0.3, -0.25) is 12.2 Å². The van der Waals surface area contributed by atoms with Crippen molar-refractivity contribution in [1.29, 1.82) is 0 Å². The van der Waals surface area contributed by atoms with Gasteiger partial charge in [-0.2, -0.15) is 12.2 Å². The van der Waals surface area contributed by atoms with Crippen molar-refractivity contribution in [3.63, 3.8) is 0 Å². The Morgan fingerprint density at radius 1 is 0.769 bits per heavy atom. The molecule has 0 heterocycles. The third kappa shape index (κ3) is 12.6. The van der Waals surface area contributed by atoms with Crippen LogP contribution in [0.2, 0.25) is 0 Å². The second-order valence-corrected chi connectivity index (χ2v) is 2.01. The van der Waals surface area contributed by atoms with E-state index in [0.717, 1.165) is 12.8 Å². The summed E-state index contributed by atoms with van der Waals surface area (Å²) in [6.07, 6.45) is 20.0. The van der Waals surface area contributed by atoms with Crippen molar-refractivity contribution >= 4 is 0 Å². The number of hydrogen-bond acceptors (Lipinski definition) is 0. The first-order valence-electron chi connectivity index (χ1n) is 3.43. The average molecular weight is 439 g/mol. The molecule has 0 fully saturated rings. The normalized spacial score (nSPS) is 13.5. The van der Waals surface area contributed by atoms with Crippen LogP contribution in [0.15, 0.2) is 36.5 Å². The molecule has 3 heteroatoms. The molecule has 0 N–H and O–H groups in total. The SMILES string of the molecule is [C-]1=CC=CC1.[C-]1=CC=CC1.[Cl-].[Cl-].[U+4]. The maximum atomic E-state index is 2.99. The molecule has 0 nitrogen and oxygen atoms in total. The van der Waals surface area contributed by atoms with Gasteiger partial charge in [-0.25, -0.2) is 24.3 Å². The van der Waals surface area contributed by atoms with E-state index in [9.17, 15) is 0 Å². The summed E-state index contributed by atoms with van der Waals surface area (Å²) in [5.41, 5.74) is 0. The summed E-state index contributed by atoms with van der Waals surface area (Å²) in [6, 6.07) is 0. The number of hydrogen-bond donors (Lipinski definition) is 0. The molecule has 0 saturated heterocycles. The van der Waals surface area contributed by atoms with E-state index in [4.69, 9.17) is 0 Å². The molecule has 0 radical (unpaired) electrons. The van der Waals surface area contributed by atoms with Gasteiger partial charge in [-0.1, -0.05) is 0 Å². The van der Waals surface area contributed by atoms with E-state index < -0.39 is 0 Å². The Morgan fingerprint density at radius 2 is 1.15 bits per heavy atom. The number of allylic oxidation sites excluding steroid dienone is 8. The van der Waals surface area contributed by atoms with Gasteiger partial charge in [0.1, 0.15) is 0 Å². The first-order chi connectivity index (χ1) is 5.00. The van der Waals surface area contributed by atoms with Crippen LogP contribution in [0.25, 0.3) is 0 Å². The van der Waals surface area contributed by atoms with Gasteiger partial charge in [-0.05, 0) is 0 Å². The van der Waals surface area contributed by atoms with Gasteiger partial charge in [-0.15, -0.1) is 12.8 Å². The van der Waals surface area contributed by atoms with Gasteiger partial charge >= 0.3 is 31.1 Å². The fourth-order valence-electron chi connectivity index (χ4n) is 0.680. The van der Waals surface area contributed by atoms with Crippen LogP contribution in [0.5, 0.6) is 0 Å². The predicted molar refractivity (Wildman–Crippen MR) is 43.1 cm³/mol. The van der Waals surface area contributed by atoms with E-state index in [2.05, 4.69) is 24.3 Å². The molecule has 0 aromatic carbocycles. The van der Waals surface area contributed by atoms with Crippen molar-refractivity contribution in [2.24, 2.45) is 0 Å². The Kier molecular flexibility index (Phi) is 22.3. The summed E-state index contributed by atoms with van der Waals surface area (Å²) in [5.74, 6) is 0. The molecule has 0 saturated carbocycles. The Hall–Kier alpha value is 0.592. The molecule has 0 aromatic rings. The van der Waals surface area contributed by atoms with Crippen LogP contribution in [0.4, 0.5) is 0 Å². The van der Waals surface area contributed by atoms with Crippen molar-refractivity contribution in [3.8, 4) is 0 Å². The largest absolute Gasteiger partial charge is 4.00 e. The van der Waals surface area contributed by atoms with Gasteiger partial charge in [0.25, 0.3) is 0 Å². The van der Waals surface area contributed by atoms with Crippen molar-refractivity contribution in [2.45, 2.75) is 12.8 Å². The van der Waals surface area contributed by atoms with Crippen LogP contribution in [-0.2, 0) is 0 Å². The summed E-state index contributed by atoms with van der Waals surface area (Å²) in [6.45, 7) is 0. The molecule has 0 bridgehead atoms. The molecule has 2 aliphatic carbocycles. The van der Waals surface area contributed by atoms with E-state index >= 15 is 0 Å². The van der Waals surface area contributed by atoms with Gasteiger partial charge in [0.05, 0.1) is 0 Å². The minimum atomic E-state index is 0. The molecule has 13 heavy (non-hydrogen) atoms. The van der Waals surface area contributed by atoms with Crippen LogP contribution in [0.1, 0.15) is 12.8 Å². The topological polar surface area (TPSA) is 0 Å². The molecular weight excluding hydrogens is 429 g/mol. The van der Waals surface area contributed by atoms with E-state index in [0.29, 0.717) is 0 Å². The summed E-state index contributed by atoms with van der Waals surface area (Å²) < 4.78 is 0. The Bertz CT molecular complexity index is 151. The van der Waals surface area contributed by atoms with E-state index in [1.165, 1.54) is 0 Å². The van der Waals surface area contributed by atoms with Gasteiger partial charge in [0.2, 0.25) is 0 Å². The molecule has 0 unspecified atom stereocenters. The smallest absolute Gasteiger partial charge is 1.00 e. The van der Waals surface area contributed by atoms with Gasteiger partial charge in [0.15, 0.2) is 0 Å². The molecule has 0 aromatic heterocycles. The number of rotatable bonds is 0. The minimum Gasteiger partial charge on any atom is -1.00 e. The predicted octanol–water partition coefficient (Wildman–Crippen LogP) is -3.38. The number of halogens is 2. The zero-order valence-corrected chi connectivity index (χ0v) is 12.8. The molecule has 2 aliphatic rings. The maximum Gasteiger partial charge on any atom is 4.00 e. The zero-order valence-electron chi connectivity index (χ0n) is 7.13. The van der Waals surface area contributed by atoms with Crippen LogP contribution in [0, 0.1) is 43.3 Å². The zero-order chi connectivity index (χ0) is 7.07. The fraction of sp³-hybridized carbons (Fsp3) is 0.200. The van der Waals surface area contributed by atoms with Crippen molar-refractivity contribution in [1.82, 2.24) is 0 Å². The molecule has 0 aliphatic heterocycles. The van der Waals surface area contributed by atoms with Crippen LogP contribution in [-0.4, -0.2) is 0 Å². The second-order valence-electron chi connectivity index (χ2n) is 2.01. The Morgan fingerprint density at radius 3 is 1.23 bits per heavy atom. The quantitative estimate of drug-likeness (QED) is 0.346. The minimum absolute atomic E-state index is 0. The Labute approximate surface area is 116 Å². The third-order valence-electron chi connectivity index (χ3n) is 1.17. The first-order valence-corrected chi connectivity index (χ1v) is 3.43. The van der Waals surface area contributed by atoms with Crippen LogP contribution in [0.3, 0.4) is 0 Å². The second kappa shape index (κ2) is 15.1. The summed E-state index contributed by atoms with van der Waals surface area (Å²) >= 11 is 0. The van der Waals surface area contributed by atoms with E-state index in [1.54, 1.807) is 0 Å². The molecule has 0 atom stereocenters. The monoisotopic (exact) mass is 438 g/mol. The van der Waals surface area contributed by atoms with Crippen LogP contribution >= 0.6 is 0 Å². The molecule has 2 rings (SSSR count). The summed E-state index contributed by atoms with van der Waals surface area (Å²) in [4.78, 5) is 0. The maximum absolute atomic E-state index is 2.99. The molecule has 0 spiro atoms. The van der Waals surface area contributed by atoms with Crippen LogP contribution < -0.4 is 24.8 Å². The fourth-order valence-corrected chi connectivity index (χ4v) is 0.680. The van der Waals surface area contributed by atoms with Gasteiger partial charge < -0.3 is 24.8 Å². The van der Waals surface area contributed by atoms with E-state index in [1.807, 2.05) is 24.3 Å². The summed E-state index contributed by atoms with van der Waals surface area (Å²) in [5, 5.41) is 0. The van der Waals surface area contributed by atoms with Gasteiger partial charge in [0, 0.05) is 0 Å². The standard InChI is InChI=1S/2C5H5.2ClH.U/c2*1-2-4-5-3-1;;;/h2*1-3H,4H2;2*1H;/q2*-1;;;+4/p-2. The molecule has 0 amide bonds. The third-order valence-corrected chi connectivity index (χ3v) is 1.17. The molecule has 68 valence electrons. The molecular formula is C10H10Cl2U. The summed E-state index contributed by atoms with van der Waals surface area (Å²) in [7, 11) is 0.